The van der Waals surface area contributed by atoms with E-state index in [-0.39, 0.29) is 0 Å². The fraction of sp³-hybridized carbons (Fsp3) is 0.250. The topological polar surface area (TPSA) is 9.23 Å². The summed E-state index contributed by atoms with van der Waals surface area (Å²) in [5, 5.41) is 0. The standard InChI is InChI=1S/C8H4F6O/c9-5-3-1-2-4(8(12,13)14)6(5)15-7(10)11/h1-3,7H. The number of hydrogen-bond acceptors (Lipinski definition) is 1. The molecule has 0 bridgehead atoms. The minimum Gasteiger partial charge on any atom is -0.431 e. The Kier molecular flexibility index (Phi) is 3.11. The van der Waals surface area contributed by atoms with E-state index in [2.05, 4.69) is 4.74 Å². The van der Waals surface area contributed by atoms with Gasteiger partial charge in [-0.05, 0) is 12.1 Å². The summed E-state index contributed by atoms with van der Waals surface area (Å²) in [5.74, 6) is -2.97. The molecule has 0 N–H and O–H groups in total. The Morgan fingerprint density at radius 2 is 1.73 bits per heavy atom. The SMILES string of the molecule is Fc1cccc(C(F)(F)F)c1OC(F)F. The Morgan fingerprint density at radius 3 is 2.20 bits per heavy atom. The molecular weight excluding hydrogens is 226 g/mol. The van der Waals surface area contributed by atoms with Crippen LogP contribution in [0.25, 0.3) is 0 Å². The Hall–Kier alpha value is -1.40. The van der Waals surface area contributed by atoms with Crippen LogP contribution >= 0.6 is 0 Å². The van der Waals surface area contributed by atoms with Crippen LogP contribution in [0, 0.1) is 5.82 Å². The highest BCUT2D eigenvalue weighted by Gasteiger charge is 2.36. The quantitative estimate of drug-likeness (QED) is 0.707. The smallest absolute Gasteiger partial charge is 0.420 e. The van der Waals surface area contributed by atoms with Crippen molar-refractivity contribution in [2.24, 2.45) is 0 Å². The van der Waals surface area contributed by atoms with Crippen LogP contribution in [0.15, 0.2) is 18.2 Å². The lowest BCUT2D eigenvalue weighted by Gasteiger charge is -2.13. The van der Waals surface area contributed by atoms with E-state index in [9.17, 15) is 26.3 Å². The zero-order valence-corrected chi connectivity index (χ0v) is 6.99. The van der Waals surface area contributed by atoms with E-state index in [1.54, 1.807) is 0 Å². The minimum atomic E-state index is -4.94. The van der Waals surface area contributed by atoms with Gasteiger partial charge in [0.2, 0.25) is 0 Å². The molecule has 15 heavy (non-hydrogen) atoms. The maximum atomic E-state index is 12.8. The second-order valence-electron chi connectivity index (χ2n) is 2.49. The summed E-state index contributed by atoms with van der Waals surface area (Å²) in [7, 11) is 0. The summed E-state index contributed by atoms with van der Waals surface area (Å²) >= 11 is 0. The van der Waals surface area contributed by atoms with Gasteiger partial charge in [-0.25, -0.2) is 4.39 Å². The molecular formula is C8H4F6O. The van der Waals surface area contributed by atoms with Gasteiger partial charge < -0.3 is 4.74 Å². The van der Waals surface area contributed by atoms with Crippen LogP contribution < -0.4 is 4.74 Å². The lowest BCUT2D eigenvalue weighted by Crippen LogP contribution is -2.12. The van der Waals surface area contributed by atoms with Crippen LogP contribution in [0.2, 0.25) is 0 Å². The Balaban J connectivity index is 3.21. The van der Waals surface area contributed by atoms with Crippen LogP contribution in [-0.4, -0.2) is 6.61 Å². The summed E-state index contributed by atoms with van der Waals surface area (Å²) in [6.45, 7) is -3.51. The van der Waals surface area contributed by atoms with E-state index in [4.69, 9.17) is 0 Å². The number of ether oxygens (including phenoxy) is 1. The summed E-state index contributed by atoms with van der Waals surface area (Å²) in [5.41, 5.74) is -1.57. The lowest BCUT2D eigenvalue weighted by molar-refractivity contribution is -0.142. The Bertz CT molecular complexity index is 345. The van der Waals surface area contributed by atoms with Crippen LogP contribution in [-0.2, 0) is 6.18 Å². The van der Waals surface area contributed by atoms with Gasteiger partial charge in [-0.3, -0.25) is 0 Å². The van der Waals surface area contributed by atoms with E-state index >= 15 is 0 Å². The van der Waals surface area contributed by atoms with Crippen LogP contribution in [0.5, 0.6) is 5.75 Å². The summed E-state index contributed by atoms with van der Waals surface area (Å²) in [6, 6.07) is 1.82. The van der Waals surface area contributed by atoms with Crippen LogP contribution in [0.3, 0.4) is 0 Å². The Morgan fingerprint density at radius 1 is 1.13 bits per heavy atom. The van der Waals surface area contributed by atoms with Gasteiger partial charge in [0.05, 0.1) is 0 Å². The number of rotatable bonds is 2. The van der Waals surface area contributed by atoms with Gasteiger partial charge in [-0.15, -0.1) is 0 Å². The van der Waals surface area contributed by atoms with Crippen molar-refractivity contribution in [2.45, 2.75) is 12.8 Å². The monoisotopic (exact) mass is 230 g/mol. The second kappa shape index (κ2) is 4.00. The minimum absolute atomic E-state index is 0.459. The van der Waals surface area contributed by atoms with E-state index in [0.29, 0.717) is 12.1 Å². The molecule has 0 atom stereocenters. The third-order valence-electron chi connectivity index (χ3n) is 1.48. The number of alkyl halides is 5. The lowest BCUT2D eigenvalue weighted by atomic mass is 10.2. The molecule has 1 rings (SSSR count). The maximum absolute atomic E-state index is 12.8. The molecule has 0 amide bonds. The molecule has 0 saturated carbocycles. The van der Waals surface area contributed by atoms with Gasteiger partial charge in [-0.2, -0.15) is 22.0 Å². The van der Waals surface area contributed by atoms with Crippen molar-refractivity contribution in [1.82, 2.24) is 0 Å². The molecule has 0 unspecified atom stereocenters. The molecule has 0 aliphatic carbocycles. The molecule has 1 nitrogen and oxygen atoms in total. The summed E-state index contributed by atoms with van der Waals surface area (Å²) < 4.78 is 76.2. The van der Waals surface area contributed by atoms with Crippen LogP contribution in [0.4, 0.5) is 26.3 Å². The van der Waals surface area contributed by atoms with Gasteiger partial charge in [0.1, 0.15) is 5.56 Å². The summed E-state index contributed by atoms with van der Waals surface area (Å²) in [4.78, 5) is 0. The highest BCUT2D eigenvalue weighted by Crippen LogP contribution is 2.38. The molecule has 0 aliphatic rings. The van der Waals surface area contributed by atoms with E-state index in [1.165, 1.54) is 0 Å². The van der Waals surface area contributed by atoms with Gasteiger partial charge in [0, 0.05) is 0 Å². The molecule has 7 heteroatoms. The van der Waals surface area contributed by atoms with Crippen molar-refractivity contribution in [2.75, 3.05) is 0 Å². The summed E-state index contributed by atoms with van der Waals surface area (Å²) in [6.07, 6.45) is -4.94. The molecule has 0 saturated heterocycles. The van der Waals surface area contributed by atoms with Gasteiger partial charge in [0.15, 0.2) is 11.6 Å². The molecule has 0 radical (unpaired) electrons. The first-order valence-electron chi connectivity index (χ1n) is 3.63. The predicted molar refractivity (Wildman–Crippen MR) is 38.0 cm³/mol. The van der Waals surface area contributed by atoms with Crippen molar-refractivity contribution in [3.05, 3.63) is 29.6 Å². The van der Waals surface area contributed by atoms with Crippen molar-refractivity contribution in [3.8, 4) is 5.75 Å². The number of para-hydroxylation sites is 1. The van der Waals surface area contributed by atoms with E-state index < -0.39 is 29.9 Å². The molecule has 0 heterocycles. The molecule has 84 valence electrons. The number of benzene rings is 1. The van der Waals surface area contributed by atoms with Gasteiger partial charge >= 0.3 is 12.8 Å². The fourth-order valence-corrected chi connectivity index (χ4v) is 0.941. The second-order valence-corrected chi connectivity index (χ2v) is 2.49. The Labute approximate surface area is 80.3 Å². The van der Waals surface area contributed by atoms with Gasteiger partial charge in [0.25, 0.3) is 0 Å². The maximum Gasteiger partial charge on any atom is 0.420 e. The average molecular weight is 230 g/mol. The van der Waals surface area contributed by atoms with Gasteiger partial charge in [-0.1, -0.05) is 6.07 Å². The largest absolute Gasteiger partial charge is 0.431 e. The number of halogens is 6. The highest BCUT2D eigenvalue weighted by atomic mass is 19.4. The van der Waals surface area contributed by atoms with Crippen LogP contribution in [0.1, 0.15) is 5.56 Å². The van der Waals surface area contributed by atoms with Crippen molar-refractivity contribution < 1.29 is 31.1 Å². The van der Waals surface area contributed by atoms with Crippen molar-refractivity contribution >= 4 is 0 Å². The first-order chi connectivity index (χ1) is 6.82. The third-order valence-corrected chi connectivity index (χ3v) is 1.48. The molecule has 1 aromatic rings. The molecule has 0 aliphatic heterocycles. The first-order valence-corrected chi connectivity index (χ1v) is 3.63. The third kappa shape index (κ3) is 2.77. The van der Waals surface area contributed by atoms with Crippen molar-refractivity contribution in [3.63, 3.8) is 0 Å². The molecule has 0 aromatic heterocycles. The van der Waals surface area contributed by atoms with E-state index in [0.717, 1.165) is 6.07 Å². The average Bonchev–Trinajstić information content (AvgIpc) is 2.05. The molecule has 0 spiro atoms. The molecule has 1 aromatic carbocycles. The normalized spacial score (nSPS) is 11.9. The van der Waals surface area contributed by atoms with Crippen molar-refractivity contribution in [1.29, 1.82) is 0 Å². The first kappa shape index (κ1) is 11.7. The van der Waals surface area contributed by atoms with E-state index in [1.807, 2.05) is 0 Å². The fourth-order valence-electron chi connectivity index (χ4n) is 0.941. The predicted octanol–water partition coefficient (Wildman–Crippen LogP) is 3.45. The zero-order chi connectivity index (χ0) is 11.6. The molecule has 0 fully saturated rings. The zero-order valence-electron chi connectivity index (χ0n) is 6.99. The number of hydrogen-bond donors (Lipinski definition) is 0. The highest BCUT2D eigenvalue weighted by molar-refractivity contribution is 5.37.